The van der Waals surface area contributed by atoms with E-state index in [0.29, 0.717) is 0 Å². The van der Waals surface area contributed by atoms with E-state index in [1.54, 1.807) is 7.22 Å². The van der Waals surface area contributed by atoms with Gasteiger partial charge in [-0.1, -0.05) is 0 Å². The second-order valence-electron chi connectivity index (χ2n) is 3.72. The molecule has 2 N–H and O–H groups in total. The summed E-state index contributed by atoms with van der Waals surface area (Å²) in [6.45, 7) is 0. The molecule has 94 valence electrons. The Morgan fingerprint density at radius 1 is 0.722 bits per heavy atom. The van der Waals surface area contributed by atoms with Crippen molar-refractivity contribution in [3.63, 3.8) is 0 Å². The molecule has 0 saturated heterocycles. The number of benzene rings is 2. The predicted octanol–water partition coefficient (Wildman–Crippen LogP) is 1.04. The summed E-state index contributed by atoms with van der Waals surface area (Å²) in [6, 6.07) is 17.7. The van der Waals surface area contributed by atoms with Crippen molar-refractivity contribution >= 4 is 52.7 Å². The quantitative estimate of drug-likeness (QED) is 0.643. The molecular formula is C14H16N2Te2. The fourth-order valence-electron chi connectivity index (χ4n) is 1.50. The first kappa shape index (κ1) is 14.0. The number of hydrogen-bond donors (Lipinski definition) is 2. The minimum atomic E-state index is -0.0184. The summed E-state index contributed by atoms with van der Waals surface area (Å²) in [5.74, 6) is 0. The Morgan fingerprint density at radius 2 is 1.17 bits per heavy atom. The van der Waals surface area contributed by atoms with E-state index < -0.39 is 0 Å². The summed E-state index contributed by atoms with van der Waals surface area (Å²) in [5.41, 5.74) is 2.46. The molecule has 2 aromatic rings. The average molecular weight is 467 g/mol. The van der Waals surface area contributed by atoms with Gasteiger partial charge >= 0.3 is 126 Å². The van der Waals surface area contributed by atoms with E-state index in [9.17, 15) is 0 Å². The van der Waals surface area contributed by atoms with Gasteiger partial charge in [-0.25, -0.2) is 0 Å². The first-order chi connectivity index (χ1) is 8.81. The van der Waals surface area contributed by atoms with Crippen molar-refractivity contribution in [2.75, 3.05) is 24.7 Å². The van der Waals surface area contributed by atoms with Gasteiger partial charge in [-0.3, -0.25) is 0 Å². The second kappa shape index (κ2) is 7.27. The van der Waals surface area contributed by atoms with Gasteiger partial charge in [0.05, 0.1) is 0 Å². The Bertz CT molecular complexity index is 467. The van der Waals surface area contributed by atoms with Gasteiger partial charge in [0.15, 0.2) is 0 Å². The van der Waals surface area contributed by atoms with Gasteiger partial charge < -0.3 is 0 Å². The van der Waals surface area contributed by atoms with Crippen LogP contribution in [-0.4, -0.2) is 48.2 Å². The number of hydrogen-bond acceptors (Lipinski definition) is 2. The summed E-state index contributed by atoms with van der Waals surface area (Å²) in [5, 5.41) is 6.42. The molecule has 0 aromatic heterocycles. The van der Waals surface area contributed by atoms with E-state index in [1.165, 1.54) is 11.4 Å². The standard InChI is InChI=1S/C14H16N2Te2/c1-15-11-5-3-7-13(9-11)17-18-14-8-4-6-12(10-14)16-2/h3-10,15-16H,1-2H3. The van der Waals surface area contributed by atoms with Crippen LogP contribution in [0, 0.1) is 0 Å². The van der Waals surface area contributed by atoms with Crippen LogP contribution in [-0.2, 0) is 0 Å². The molecule has 0 aliphatic heterocycles. The molecule has 0 atom stereocenters. The normalized spacial score (nSPS) is 10.1. The zero-order chi connectivity index (χ0) is 12.8. The third kappa shape index (κ3) is 4.08. The minimum absolute atomic E-state index is 0.0184. The molecule has 2 aromatic carbocycles. The van der Waals surface area contributed by atoms with Crippen molar-refractivity contribution in [3.05, 3.63) is 48.5 Å². The van der Waals surface area contributed by atoms with Gasteiger partial charge in [0, 0.05) is 0 Å². The molecule has 0 unspecified atom stereocenters. The number of anilines is 2. The first-order valence-electron chi connectivity index (χ1n) is 5.72. The van der Waals surface area contributed by atoms with Crippen LogP contribution in [0.15, 0.2) is 48.5 Å². The number of rotatable bonds is 5. The summed E-state index contributed by atoms with van der Waals surface area (Å²) in [4.78, 5) is 0. The SMILES string of the molecule is CNc1cccc([Te][Te]c2cccc(NC)c2)c1. The van der Waals surface area contributed by atoms with E-state index in [1.807, 2.05) is 14.1 Å². The van der Waals surface area contributed by atoms with Crippen LogP contribution >= 0.6 is 0 Å². The van der Waals surface area contributed by atoms with Crippen molar-refractivity contribution < 1.29 is 0 Å². The van der Waals surface area contributed by atoms with Gasteiger partial charge in [-0.15, -0.1) is 0 Å². The van der Waals surface area contributed by atoms with Gasteiger partial charge in [0.2, 0.25) is 0 Å². The van der Waals surface area contributed by atoms with E-state index >= 15 is 0 Å². The third-order valence-corrected chi connectivity index (χ3v) is 14.2. The topological polar surface area (TPSA) is 24.1 Å². The fourth-order valence-corrected chi connectivity index (χ4v) is 11.5. The summed E-state index contributed by atoms with van der Waals surface area (Å²) in [6.07, 6.45) is 0. The Kier molecular flexibility index (Phi) is 5.67. The molecule has 0 fully saturated rings. The fraction of sp³-hybridized carbons (Fsp3) is 0.143. The molecule has 0 amide bonds. The second-order valence-corrected chi connectivity index (χ2v) is 13.7. The summed E-state index contributed by atoms with van der Waals surface area (Å²) >= 11 is -0.0367. The third-order valence-electron chi connectivity index (χ3n) is 2.48. The van der Waals surface area contributed by atoms with Gasteiger partial charge in [-0.05, 0) is 0 Å². The molecule has 0 bridgehead atoms. The molecule has 0 radical (unpaired) electrons. The van der Waals surface area contributed by atoms with Crippen LogP contribution in [0.25, 0.3) is 0 Å². The van der Waals surface area contributed by atoms with Crippen molar-refractivity contribution in [2.45, 2.75) is 0 Å². The van der Waals surface area contributed by atoms with Gasteiger partial charge in [0.25, 0.3) is 0 Å². The monoisotopic (exact) mass is 472 g/mol. The maximum atomic E-state index is 3.21. The molecule has 2 nitrogen and oxygen atoms in total. The molecular weight excluding hydrogens is 451 g/mol. The Balaban J connectivity index is 2.01. The predicted molar refractivity (Wildman–Crippen MR) is 82.8 cm³/mol. The molecule has 0 spiro atoms. The van der Waals surface area contributed by atoms with Gasteiger partial charge in [0.1, 0.15) is 0 Å². The van der Waals surface area contributed by atoms with E-state index in [-0.39, 0.29) is 34.1 Å². The van der Waals surface area contributed by atoms with E-state index in [4.69, 9.17) is 0 Å². The van der Waals surface area contributed by atoms with E-state index in [2.05, 4.69) is 59.2 Å². The van der Waals surface area contributed by atoms with Crippen molar-refractivity contribution in [1.29, 1.82) is 0 Å². The van der Waals surface area contributed by atoms with Crippen LogP contribution in [0.1, 0.15) is 0 Å². The van der Waals surface area contributed by atoms with Crippen molar-refractivity contribution in [1.82, 2.24) is 0 Å². The molecule has 0 aliphatic carbocycles. The van der Waals surface area contributed by atoms with Crippen molar-refractivity contribution in [2.24, 2.45) is 0 Å². The van der Waals surface area contributed by atoms with E-state index in [0.717, 1.165) is 0 Å². The van der Waals surface area contributed by atoms with Crippen LogP contribution in [0.3, 0.4) is 0 Å². The molecule has 0 aliphatic rings. The average Bonchev–Trinajstić information content (AvgIpc) is 2.45. The molecule has 0 saturated carbocycles. The molecule has 0 heterocycles. The van der Waals surface area contributed by atoms with Crippen molar-refractivity contribution in [3.8, 4) is 0 Å². The van der Waals surface area contributed by atoms with Crippen LogP contribution in [0.4, 0.5) is 11.4 Å². The van der Waals surface area contributed by atoms with Crippen LogP contribution < -0.4 is 17.9 Å². The Labute approximate surface area is 125 Å². The van der Waals surface area contributed by atoms with Crippen LogP contribution in [0.5, 0.6) is 0 Å². The maximum absolute atomic E-state index is 3.21. The zero-order valence-corrected chi connectivity index (χ0v) is 15.1. The van der Waals surface area contributed by atoms with Gasteiger partial charge in [-0.2, -0.15) is 0 Å². The first-order valence-corrected chi connectivity index (χ1v) is 15.4. The van der Waals surface area contributed by atoms with Crippen LogP contribution in [0.2, 0.25) is 0 Å². The zero-order valence-electron chi connectivity index (χ0n) is 10.4. The Hall–Kier alpha value is -0.381. The molecule has 4 heteroatoms. The molecule has 2 rings (SSSR count). The summed E-state index contributed by atoms with van der Waals surface area (Å²) in [7, 11) is 3.96. The summed E-state index contributed by atoms with van der Waals surface area (Å²) < 4.78 is 3.12. The molecule has 18 heavy (non-hydrogen) atoms. The number of nitrogens with one attached hydrogen (secondary N) is 2. The Morgan fingerprint density at radius 3 is 1.56 bits per heavy atom.